The van der Waals surface area contributed by atoms with Gasteiger partial charge >= 0.3 is 5.97 Å². The molecular formula is C17H16N2O5S. The predicted octanol–water partition coefficient (Wildman–Crippen LogP) is 1.64. The van der Waals surface area contributed by atoms with Crippen molar-refractivity contribution in [3.8, 4) is 0 Å². The van der Waals surface area contributed by atoms with Crippen LogP contribution in [0.4, 0.5) is 0 Å². The second kappa shape index (κ2) is 5.32. The maximum Gasteiger partial charge on any atom is 0.356 e. The van der Waals surface area contributed by atoms with Gasteiger partial charge in [0, 0.05) is 23.2 Å². The third kappa shape index (κ3) is 2.27. The van der Waals surface area contributed by atoms with Gasteiger partial charge in [0.1, 0.15) is 11.4 Å². The first-order valence-electron chi connectivity index (χ1n) is 7.98. The summed E-state index contributed by atoms with van der Waals surface area (Å²) in [4.78, 5) is 55.6. The Kier molecular flexibility index (Phi) is 3.44. The van der Waals surface area contributed by atoms with Gasteiger partial charge in [-0.25, -0.2) is 4.79 Å². The Balaban J connectivity index is 1.65. The Morgan fingerprint density at radius 2 is 1.80 bits per heavy atom. The molecule has 2 saturated heterocycles. The largest absolute Gasteiger partial charge is 0.356 e. The Bertz CT molecular complexity index is 805. The number of imide groups is 1. The van der Waals surface area contributed by atoms with E-state index in [1.54, 1.807) is 12.1 Å². The van der Waals surface area contributed by atoms with E-state index in [4.69, 9.17) is 4.84 Å². The van der Waals surface area contributed by atoms with Gasteiger partial charge < -0.3 is 9.74 Å². The van der Waals surface area contributed by atoms with E-state index in [2.05, 4.69) is 0 Å². The number of amides is 3. The van der Waals surface area contributed by atoms with Gasteiger partial charge in [-0.2, -0.15) is 0 Å². The molecule has 0 aromatic heterocycles. The molecule has 3 amide bonds. The summed E-state index contributed by atoms with van der Waals surface area (Å²) in [5.74, 6) is -2.06. The lowest BCUT2D eigenvalue weighted by Crippen LogP contribution is -2.50. The summed E-state index contributed by atoms with van der Waals surface area (Å²) < 4.78 is -0.614. The first-order chi connectivity index (χ1) is 11.8. The molecule has 3 aliphatic rings. The molecule has 0 radical (unpaired) electrons. The highest BCUT2D eigenvalue weighted by molar-refractivity contribution is 8.01. The number of hydroxylamine groups is 2. The molecule has 1 aromatic rings. The van der Waals surface area contributed by atoms with Crippen LogP contribution in [0, 0.1) is 0 Å². The molecule has 2 atom stereocenters. The van der Waals surface area contributed by atoms with Crippen LogP contribution in [0.5, 0.6) is 0 Å². The number of carbonyl (C=O) groups excluding carboxylic acids is 4. The van der Waals surface area contributed by atoms with Gasteiger partial charge in [-0.05, 0) is 25.5 Å². The number of hydrogen-bond acceptors (Lipinski definition) is 6. The Morgan fingerprint density at radius 1 is 1.16 bits per heavy atom. The van der Waals surface area contributed by atoms with Crippen molar-refractivity contribution < 1.29 is 24.0 Å². The van der Waals surface area contributed by atoms with Crippen LogP contribution in [0.15, 0.2) is 24.3 Å². The Morgan fingerprint density at radius 3 is 2.48 bits per heavy atom. The van der Waals surface area contributed by atoms with E-state index < -0.39 is 28.6 Å². The van der Waals surface area contributed by atoms with Crippen molar-refractivity contribution in [2.45, 2.75) is 42.9 Å². The van der Waals surface area contributed by atoms with Gasteiger partial charge in [0.25, 0.3) is 17.7 Å². The Hall–Kier alpha value is -2.35. The fourth-order valence-electron chi connectivity index (χ4n) is 3.56. The third-order valence-electron chi connectivity index (χ3n) is 4.71. The van der Waals surface area contributed by atoms with Crippen molar-refractivity contribution in [3.63, 3.8) is 0 Å². The van der Waals surface area contributed by atoms with Crippen LogP contribution >= 0.6 is 11.8 Å². The monoisotopic (exact) mass is 360 g/mol. The number of hydrogen-bond donors (Lipinski definition) is 0. The summed E-state index contributed by atoms with van der Waals surface area (Å²) in [5, 5.41) is 0.255. The molecule has 25 heavy (non-hydrogen) atoms. The highest BCUT2D eigenvalue weighted by Crippen LogP contribution is 2.56. The second-order valence-electron chi connectivity index (χ2n) is 6.77. The molecule has 1 aromatic carbocycles. The zero-order valence-electron chi connectivity index (χ0n) is 13.7. The minimum atomic E-state index is -0.886. The molecule has 130 valence electrons. The van der Waals surface area contributed by atoms with E-state index >= 15 is 0 Å². The zero-order valence-corrected chi connectivity index (χ0v) is 14.5. The minimum Gasteiger partial charge on any atom is -0.328 e. The second-order valence-corrected chi connectivity index (χ2v) is 8.50. The van der Waals surface area contributed by atoms with Crippen molar-refractivity contribution in [2.24, 2.45) is 0 Å². The lowest BCUT2D eigenvalue weighted by Gasteiger charge is -2.29. The maximum atomic E-state index is 12.8. The normalized spacial score (nSPS) is 26.9. The topological polar surface area (TPSA) is 84.0 Å². The number of benzene rings is 1. The maximum absolute atomic E-state index is 12.8. The number of fused-ring (bicyclic) bond motifs is 3. The van der Waals surface area contributed by atoms with Gasteiger partial charge in [0.2, 0.25) is 0 Å². The molecule has 3 aliphatic heterocycles. The van der Waals surface area contributed by atoms with Gasteiger partial charge in [-0.15, -0.1) is 16.8 Å². The van der Waals surface area contributed by atoms with Gasteiger partial charge in [0.05, 0.1) is 0 Å². The van der Waals surface area contributed by atoms with Crippen LogP contribution in [0.2, 0.25) is 0 Å². The van der Waals surface area contributed by atoms with Crippen LogP contribution in [0.3, 0.4) is 0 Å². The molecule has 0 aliphatic carbocycles. The Labute approximate surface area is 148 Å². The van der Waals surface area contributed by atoms with E-state index in [1.807, 2.05) is 26.0 Å². The fourth-order valence-corrected chi connectivity index (χ4v) is 5.14. The van der Waals surface area contributed by atoms with Crippen molar-refractivity contribution in [1.29, 1.82) is 0 Å². The summed E-state index contributed by atoms with van der Waals surface area (Å²) in [6.07, 6.45) is 0.0667. The number of thioether (sulfide) groups is 1. The molecule has 3 heterocycles. The van der Waals surface area contributed by atoms with E-state index in [-0.39, 0.29) is 24.1 Å². The quantitative estimate of drug-likeness (QED) is 0.746. The lowest BCUT2D eigenvalue weighted by molar-refractivity contribution is -0.201. The molecule has 0 saturated carbocycles. The van der Waals surface area contributed by atoms with E-state index in [0.717, 1.165) is 5.56 Å². The molecule has 0 spiro atoms. The number of carbonyl (C=O) groups is 4. The minimum absolute atomic E-state index is 0.0334. The van der Waals surface area contributed by atoms with Gasteiger partial charge in [0.15, 0.2) is 0 Å². The van der Waals surface area contributed by atoms with Crippen molar-refractivity contribution in [3.05, 3.63) is 35.4 Å². The first kappa shape index (κ1) is 16.1. The molecule has 0 bridgehead atoms. The summed E-state index contributed by atoms with van der Waals surface area (Å²) >= 11 is 1.50. The van der Waals surface area contributed by atoms with Crippen LogP contribution in [-0.4, -0.2) is 44.4 Å². The average molecular weight is 360 g/mol. The van der Waals surface area contributed by atoms with E-state index in [0.29, 0.717) is 10.6 Å². The molecule has 2 fully saturated rings. The van der Waals surface area contributed by atoms with Crippen LogP contribution in [0.25, 0.3) is 0 Å². The zero-order chi connectivity index (χ0) is 17.9. The van der Waals surface area contributed by atoms with Gasteiger partial charge in [-0.1, -0.05) is 18.2 Å². The smallest absolute Gasteiger partial charge is 0.328 e. The van der Waals surface area contributed by atoms with Crippen molar-refractivity contribution >= 4 is 35.5 Å². The standard InChI is InChI=1S/C17H16N2O5S/c1-17(2)13(16(23)24-19-11(20)7-8-12(19)21)18-14(22)9-5-3-4-6-10(9)15(18)25-17/h3-6,13,15H,7-8H2,1-2H3. The lowest BCUT2D eigenvalue weighted by atomic mass is 10.0. The highest BCUT2D eigenvalue weighted by Gasteiger charge is 2.58. The predicted molar refractivity (Wildman–Crippen MR) is 88.0 cm³/mol. The first-order valence-corrected chi connectivity index (χ1v) is 8.86. The molecule has 0 N–H and O–H groups in total. The summed E-state index contributed by atoms with van der Waals surface area (Å²) in [6, 6.07) is 6.37. The molecule has 2 unspecified atom stereocenters. The summed E-state index contributed by atoms with van der Waals surface area (Å²) in [6.45, 7) is 3.71. The number of nitrogens with zero attached hydrogens (tertiary/aromatic N) is 2. The van der Waals surface area contributed by atoms with E-state index in [1.165, 1.54) is 16.7 Å². The van der Waals surface area contributed by atoms with Gasteiger partial charge in [-0.3, -0.25) is 14.4 Å². The molecular weight excluding hydrogens is 344 g/mol. The molecule has 8 heteroatoms. The SMILES string of the molecule is CC1(C)SC2c3ccccc3C(=O)N2C1C(=O)ON1C(=O)CCC1=O. The summed E-state index contributed by atoms with van der Waals surface area (Å²) in [5.41, 5.74) is 1.44. The van der Waals surface area contributed by atoms with E-state index in [9.17, 15) is 19.2 Å². The van der Waals surface area contributed by atoms with Crippen molar-refractivity contribution in [1.82, 2.24) is 9.96 Å². The number of rotatable bonds is 2. The molecule has 7 nitrogen and oxygen atoms in total. The van der Waals surface area contributed by atoms with Crippen LogP contribution in [0.1, 0.15) is 48.0 Å². The third-order valence-corrected chi connectivity index (χ3v) is 6.24. The van der Waals surface area contributed by atoms with Crippen LogP contribution < -0.4 is 0 Å². The van der Waals surface area contributed by atoms with Crippen molar-refractivity contribution in [2.75, 3.05) is 0 Å². The summed E-state index contributed by atoms with van der Waals surface area (Å²) in [7, 11) is 0. The fraction of sp³-hybridized carbons (Fsp3) is 0.412. The molecule has 4 rings (SSSR count). The highest BCUT2D eigenvalue weighted by atomic mass is 32.2. The van der Waals surface area contributed by atoms with Crippen LogP contribution in [-0.2, 0) is 19.2 Å². The average Bonchev–Trinajstić information content (AvgIpc) is 3.12.